The van der Waals surface area contributed by atoms with Gasteiger partial charge >= 0.3 is 6.03 Å². The fraction of sp³-hybridized carbons (Fsp3) is 0.0625. The average Bonchev–Trinajstić information content (AvgIpc) is 2.51. The van der Waals surface area contributed by atoms with Gasteiger partial charge in [-0.15, -0.1) is 0 Å². The number of urea groups is 1. The number of carbonyl (C=O) groups excluding carboxylic acids is 1. The summed E-state index contributed by atoms with van der Waals surface area (Å²) in [6, 6.07) is -0.859. The van der Waals surface area contributed by atoms with Gasteiger partial charge in [-0.05, 0) is 25.2 Å². The average molecular weight is 320 g/mol. The third-order valence-corrected chi connectivity index (χ3v) is 2.29. The molecule has 124 valence electrons. The molecule has 0 rings (SSSR count). The maximum atomic E-state index is 11.9. The zero-order valence-corrected chi connectivity index (χ0v) is 12.7. The van der Waals surface area contributed by atoms with Gasteiger partial charge in [-0.2, -0.15) is 0 Å². The highest BCUT2D eigenvalue weighted by Crippen LogP contribution is 2.07. The van der Waals surface area contributed by atoms with E-state index in [4.69, 9.17) is 0 Å². The van der Waals surface area contributed by atoms with Crippen molar-refractivity contribution >= 4 is 6.03 Å². The second-order valence-corrected chi connectivity index (χ2v) is 4.14. The molecule has 6 N–H and O–H groups in total. The van der Waals surface area contributed by atoms with E-state index in [1.807, 2.05) is 0 Å². The van der Waals surface area contributed by atoms with Crippen molar-refractivity contribution in [3.8, 4) is 0 Å². The number of aliphatic hydroxyl groups excluding tert-OH is 4. The molecule has 0 aromatic carbocycles. The summed E-state index contributed by atoms with van der Waals surface area (Å²) in [6.45, 7) is 11.4. The summed E-state index contributed by atoms with van der Waals surface area (Å²) in [5, 5.41) is 42.4. The Morgan fingerprint density at radius 2 is 1.26 bits per heavy atom. The number of rotatable bonds is 7. The third kappa shape index (κ3) is 7.28. The SMILES string of the molecule is C=C/C(O)=C(\C=C(/C)O)NC(=O)NC(/C=C(/O)C=C)=C(\O)C=C. The van der Waals surface area contributed by atoms with E-state index >= 15 is 0 Å². The molecule has 23 heavy (non-hydrogen) atoms. The molecule has 2 amide bonds. The molecular weight excluding hydrogens is 300 g/mol. The Kier molecular flexibility index (Phi) is 8.17. The van der Waals surface area contributed by atoms with Crippen LogP contribution in [0.15, 0.2) is 84.5 Å². The predicted molar refractivity (Wildman–Crippen MR) is 88.7 cm³/mol. The van der Waals surface area contributed by atoms with E-state index in [9.17, 15) is 25.2 Å². The van der Waals surface area contributed by atoms with E-state index in [2.05, 4.69) is 30.4 Å². The Morgan fingerprint density at radius 1 is 0.826 bits per heavy atom. The van der Waals surface area contributed by atoms with Crippen molar-refractivity contribution in [2.24, 2.45) is 0 Å². The first-order chi connectivity index (χ1) is 10.7. The summed E-state index contributed by atoms with van der Waals surface area (Å²) in [5.74, 6) is -1.25. The van der Waals surface area contributed by atoms with Crippen molar-refractivity contribution in [2.45, 2.75) is 6.92 Å². The Morgan fingerprint density at radius 3 is 1.61 bits per heavy atom. The Bertz CT molecular complexity index is 620. The van der Waals surface area contributed by atoms with Crippen LogP contribution in [0, 0.1) is 0 Å². The summed E-state index contributed by atoms with van der Waals surface area (Å²) >= 11 is 0. The molecule has 0 heterocycles. The molecular formula is C16H20N2O5. The van der Waals surface area contributed by atoms with Crippen molar-refractivity contribution in [1.29, 1.82) is 0 Å². The highest BCUT2D eigenvalue weighted by Gasteiger charge is 2.10. The number of carbonyl (C=O) groups is 1. The minimum absolute atomic E-state index is 0.119. The summed E-state index contributed by atoms with van der Waals surface area (Å²) in [4.78, 5) is 11.9. The lowest BCUT2D eigenvalue weighted by atomic mass is 10.3. The third-order valence-electron chi connectivity index (χ3n) is 2.29. The van der Waals surface area contributed by atoms with E-state index in [0.29, 0.717) is 0 Å². The van der Waals surface area contributed by atoms with Gasteiger partial charge in [0.15, 0.2) is 0 Å². The number of amides is 2. The molecule has 0 saturated carbocycles. The first kappa shape index (κ1) is 19.7. The standard InChI is InChI=1S/C16H20N2O5/c1-5-11(20)9-13(15(22)7-3)18-16(23)17-12(8-10(4)19)14(21)6-2/h5-9,19-22H,1-3H2,4H3,(H2,17,18,23)/b10-8+,11-9+,14-12-,15-13-. The quantitative estimate of drug-likeness (QED) is 0.317. The van der Waals surface area contributed by atoms with E-state index in [-0.39, 0.29) is 28.7 Å². The van der Waals surface area contributed by atoms with Gasteiger partial charge in [-0.3, -0.25) is 0 Å². The Hall–Kier alpha value is -3.35. The van der Waals surface area contributed by atoms with E-state index in [0.717, 1.165) is 30.4 Å². The van der Waals surface area contributed by atoms with Crippen LogP contribution in [0.1, 0.15) is 6.92 Å². The summed E-state index contributed by atoms with van der Waals surface area (Å²) in [5.41, 5.74) is -0.274. The molecule has 0 radical (unpaired) electrons. The molecule has 0 bridgehead atoms. The molecule has 0 saturated heterocycles. The molecule has 0 aliphatic rings. The van der Waals surface area contributed by atoms with Crippen LogP contribution in [0.5, 0.6) is 0 Å². The van der Waals surface area contributed by atoms with Crippen LogP contribution in [0.3, 0.4) is 0 Å². The predicted octanol–water partition coefficient (Wildman–Crippen LogP) is 3.29. The molecule has 7 heteroatoms. The Balaban J connectivity index is 5.45. The molecule has 0 fully saturated rings. The van der Waals surface area contributed by atoms with Gasteiger partial charge in [0, 0.05) is 12.2 Å². The van der Waals surface area contributed by atoms with Crippen LogP contribution in [-0.2, 0) is 0 Å². The maximum absolute atomic E-state index is 11.9. The van der Waals surface area contributed by atoms with Crippen LogP contribution >= 0.6 is 0 Å². The van der Waals surface area contributed by atoms with Gasteiger partial charge in [0.25, 0.3) is 0 Å². The van der Waals surface area contributed by atoms with Crippen LogP contribution < -0.4 is 10.6 Å². The smallest absolute Gasteiger partial charge is 0.323 e. The molecule has 0 unspecified atom stereocenters. The van der Waals surface area contributed by atoms with Gasteiger partial charge in [0.2, 0.25) is 0 Å². The molecule has 0 aromatic heterocycles. The minimum atomic E-state index is -0.859. The Labute approximate surface area is 134 Å². The highest BCUT2D eigenvalue weighted by atomic mass is 16.3. The molecule has 0 aliphatic heterocycles. The number of aliphatic hydroxyl groups is 4. The zero-order chi connectivity index (χ0) is 18.0. The summed E-state index contributed by atoms with van der Waals surface area (Å²) < 4.78 is 0. The van der Waals surface area contributed by atoms with Gasteiger partial charge in [-0.25, -0.2) is 4.79 Å². The second-order valence-electron chi connectivity index (χ2n) is 4.14. The molecule has 0 aliphatic carbocycles. The van der Waals surface area contributed by atoms with Crippen LogP contribution in [0.25, 0.3) is 0 Å². The molecule has 0 atom stereocenters. The molecule has 7 nitrogen and oxygen atoms in total. The number of hydrogen-bond acceptors (Lipinski definition) is 5. The number of hydrogen-bond donors (Lipinski definition) is 6. The fourth-order valence-electron chi connectivity index (χ4n) is 1.26. The van der Waals surface area contributed by atoms with Gasteiger partial charge in [0.05, 0.1) is 17.2 Å². The van der Waals surface area contributed by atoms with Gasteiger partial charge in [0.1, 0.15) is 17.3 Å². The lowest BCUT2D eigenvalue weighted by molar-refractivity contribution is 0.245. The first-order valence-corrected chi connectivity index (χ1v) is 6.34. The van der Waals surface area contributed by atoms with Crippen molar-refractivity contribution in [1.82, 2.24) is 10.6 Å². The highest BCUT2D eigenvalue weighted by molar-refractivity contribution is 5.79. The number of nitrogens with one attached hydrogen (secondary N) is 2. The van der Waals surface area contributed by atoms with E-state index in [1.54, 1.807) is 0 Å². The minimum Gasteiger partial charge on any atom is -0.513 e. The lowest BCUT2D eigenvalue weighted by Crippen LogP contribution is -2.34. The maximum Gasteiger partial charge on any atom is 0.323 e. The van der Waals surface area contributed by atoms with Crippen molar-refractivity contribution in [3.63, 3.8) is 0 Å². The van der Waals surface area contributed by atoms with Crippen LogP contribution in [0.2, 0.25) is 0 Å². The summed E-state index contributed by atoms with van der Waals surface area (Å²) in [7, 11) is 0. The monoisotopic (exact) mass is 320 g/mol. The van der Waals surface area contributed by atoms with Crippen LogP contribution in [0.4, 0.5) is 4.79 Å². The summed E-state index contributed by atoms with van der Waals surface area (Å²) in [6.07, 6.45) is 5.37. The normalized spacial score (nSPS) is 14.1. The number of allylic oxidation sites excluding steroid dienone is 6. The van der Waals surface area contributed by atoms with Crippen LogP contribution in [-0.4, -0.2) is 26.5 Å². The van der Waals surface area contributed by atoms with E-state index < -0.39 is 11.8 Å². The van der Waals surface area contributed by atoms with Crippen molar-refractivity contribution in [3.05, 3.63) is 84.5 Å². The lowest BCUT2D eigenvalue weighted by Gasteiger charge is -2.11. The first-order valence-electron chi connectivity index (χ1n) is 6.34. The molecule has 0 spiro atoms. The second kappa shape index (κ2) is 9.56. The topological polar surface area (TPSA) is 122 Å². The fourth-order valence-corrected chi connectivity index (χ4v) is 1.26. The van der Waals surface area contributed by atoms with E-state index in [1.165, 1.54) is 6.92 Å². The van der Waals surface area contributed by atoms with Gasteiger partial charge in [-0.1, -0.05) is 19.7 Å². The van der Waals surface area contributed by atoms with Gasteiger partial charge < -0.3 is 31.1 Å². The van der Waals surface area contributed by atoms with Crippen molar-refractivity contribution < 1.29 is 25.2 Å². The largest absolute Gasteiger partial charge is 0.513 e. The molecule has 0 aromatic rings. The van der Waals surface area contributed by atoms with Crippen molar-refractivity contribution in [2.75, 3.05) is 0 Å². The zero-order valence-electron chi connectivity index (χ0n) is 12.7.